The van der Waals surface area contributed by atoms with E-state index in [1.807, 2.05) is 0 Å². The average molecular weight is 401 g/mol. The van der Waals surface area contributed by atoms with Gasteiger partial charge < -0.3 is 9.84 Å². The molecule has 0 amide bonds. The summed E-state index contributed by atoms with van der Waals surface area (Å²) < 4.78 is 5.93. The predicted octanol–water partition coefficient (Wildman–Crippen LogP) is 4.32. The second-order valence-corrected chi connectivity index (χ2v) is 10.4. The number of carbonyl (C=O) groups excluding carboxylic acids is 2. The van der Waals surface area contributed by atoms with Crippen LogP contribution in [0.4, 0.5) is 0 Å². The molecule has 5 heteroatoms. The van der Waals surface area contributed by atoms with E-state index in [0.29, 0.717) is 12.8 Å². The van der Waals surface area contributed by atoms with Crippen LogP contribution in [-0.2, 0) is 19.1 Å². The van der Waals surface area contributed by atoms with E-state index in [4.69, 9.17) is 4.74 Å². The van der Waals surface area contributed by atoms with Gasteiger partial charge in [-0.25, -0.2) is 0 Å². The highest BCUT2D eigenvalue weighted by Gasteiger charge is 2.71. The van der Waals surface area contributed by atoms with Crippen LogP contribution in [0.1, 0.15) is 65.2 Å². The minimum absolute atomic E-state index is 0.0356. The lowest BCUT2D eigenvalue weighted by molar-refractivity contribution is -0.197. The molecule has 4 saturated carbocycles. The Morgan fingerprint density at radius 2 is 2.00 bits per heavy atom. The number of fused-ring (bicyclic) bond motifs is 3. The van der Waals surface area contributed by atoms with E-state index in [0.717, 1.165) is 37.7 Å². The number of ether oxygens (including phenoxy) is 1. The first-order valence-corrected chi connectivity index (χ1v) is 10.9. The Balaban J connectivity index is 1.78. The van der Waals surface area contributed by atoms with E-state index >= 15 is 0 Å². The van der Waals surface area contributed by atoms with Crippen molar-refractivity contribution < 1.29 is 24.2 Å². The summed E-state index contributed by atoms with van der Waals surface area (Å²) in [5.41, 5.74) is -0.903. The van der Waals surface area contributed by atoms with Gasteiger partial charge >= 0.3 is 11.9 Å². The molecular weight excluding hydrogens is 368 g/mol. The molecule has 0 saturated heterocycles. The normalized spacial score (nSPS) is 45.9. The Labute approximate surface area is 172 Å². The number of carboxylic acids is 1. The van der Waals surface area contributed by atoms with Crippen LogP contribution < -0.4 is 0 Å². The van der Waals surface area contributed by atoms with Crippen LogP contribution in [0.5, 0.6) is 0 Å². The van der Waals surface area contributed by atoms with Crippen LogP contribution in [0.25, 0.3) is 0 Å². The Kier molecular flexibility index (Phi) is 4.60. The Bertz CT molecular complexity index is 799. The van der Waals surface area contributed by atoms with Gasteiger partial charge in [0.05, 0.1) is 11.8 Å². The van der Waals surface area contributed by atoms with Crippen LogP contribution in [0.15, 0.2) is 24.8 Å². The summed E-state index contributed by atoms with van der Waals surface area (Å²) in [4.78, 5) is 38.2. The molecule has 0 heterocycles. The van der Waals surface area contributed by atoms with E-state index in [-0.39, 0.29) is 35.4 Å². The number of Topliss-reactive ketones (excluding diaryl/α,β-unsaturated/α-hetero) is 1. The summed E-state index contributed by atoms with van der Waals surface area (Å²) in [6, 6.07) is 0. The highest BCUT2D eigenvalue weighted by molar-refractivity contribution is 5.91. The minimum atomic E-state index is -1.02. The smallest absolute Gasteiger partial charge is 0.310 e. The molecule has 4 aliphatic rings. The van der Waals surface area contributed by atoms with Crippen LogP contribution in [0.2, 0.25) is 0 Å². The van der Waals surface area contributed by atoms with Gasteiger partial charge in [-0.3, -0.25) is 14.4 Å². The molecule has 2 bridgehead atoms. The first-order chi connectivity index (χ1) is 13.6. The number of carbonyl (C=O) groups is 3. The highest BCUT2D eigenvalue weighted by Crippen LogP contribution is 2.71. The maximum Gasteiger partial charge on any atom is 0.310 e. The molecule has 0 radical (unpaired) electrons. The van der Waals surface area contributed by atoms with Crippen LogP contribution in [-0.4, -0.2) is 28.9 Å². The molecule has 0 aromatic carbocycles. The molecule has 1 spiro atoms. The van der Waals surface area contributed by atoms with Crippen molar-refractivity contribution >= 4 is 17.7 Å². The fraction of sp³-hybridized carbons (Fsp3) is 0.708. The summed E-state index contributed by atoms with van der Waals surface area (Å²) in [5.74, 6) is -1.20. The van der Waals surface area contributed by atoms with Gasteiger partial charge in [-0.1, -0.05) is 26.0 Å². The quantitative estimate of drug-likeness (QED) is 0.562. The number of aliphatic carboxylic acids is 1. The molecular formula is C24H32O5. The van der Waals surface area contributed by atoms with Gasteiger partial charge in [-0.05, 0) is 61.9 Å². The predicted molar refractivity (Wildman–Crippen MR) is 108 cm³/mol. The van der Waals surface area contributed by atoms with Crippen molar-refractivity contribution in [3.8, 4) is 0 Å². The molecule has 0 aliphatic heterocycles. The van der Waals surface area contributed by atoms with Crippen molar-refractivity contribution in [1.29, 1.82) is 0 Å². The molecule has 4 fully saturated rings. The van der Waals surface area contributed by atoms with Crippen LogP contribution in [0.3, 0.4) is 0 Å². The second-order valence-electron chi connectivity index (χ2n) is 10.4. The van der Waals surface area contributed by atoms with E-state index in [1.54, 1.807) is 6.92 Å². The third kappa shape index (κ3) is 2.62. The summed E-state index contributed by atoms with van der Waals surface area (Å²) in [7, 11) is 0. The fourth-order valence-electron chi connectivity index (χ4n) is 7.92. The zero-order chi connectivity index (χ0) is 21.2. The average Bonchev–Trinajstić information content (AvgIpc) is 2.81. The van der Waals surface area contributed by atoms with Crippen molar-refractivity contribution in [2.75, 3.05) is 0 Å². The molecule has 0 aromatic rings. The number of hydrogen-bond acceptors (Lipinski definition) is 4. The maximum atomic E-state index is 13.6. The topological polar surface area (TPSA) is 80.7 Å². The van der Waals surface area contributed by atoms with Crippen molar-refractivity contribution in [2.24, 2.45) is 34.0 Å². The van der Waals surface area contributed by atoms with Crippen molar-refractivity contribution in [1.82, 2.24) is 0 Å². The zero-order valence-electron chi connectivity index (χ0n) is 17.5. The molecule has 7 atom stereocenters. The third-order valence-corrected chi connectivity index (χ3v) is 8.89. The molecule has 0 aromatic heterocycles. The third-order valence-electron chi connectivity index (χ3n) is 8.89. The first kappa shape index (κ1) is 20.4. The van der Waals surface area contributed by atoms with Gasteiger partial charge in [0.1, 0.15) is 11.9 Å². The van der Waals surface area contributed by atoms with E-state index < -0.39 is 28.8 Å². The Morgan fingerprint density at radius 1 is 1.28 bits per heavy atom. The molecule has 158 valence electrons. The van der Waals surface area contributed by atoms with Crippen molar-refractivity contribution in [3.05, 3.63) is 24.8 Å². The Hall–Kier alpha value is -1.91. The maximum absolute atomic E-state index is 13.6. The Morgan fingerprint density at radius 3 is 2.66 bits per heavy atom. The lowest BCUT2D eigenvalue weighted by Gasteiger charge is -2.62. The summed E-state index contributed by atoms with van der Waals surface area (Å²) >= 11 is 0. The molecule has 4 aliphatic carbocycles. The van der Waals surface area contributed by atoms with Gasteiger partial charge in [-0.2, -0.15) is 0 Å². The SMILES string of the molecule is C=CCC(=O)O[C@@H]1C(=C)[C@H]2CC[C@H]3[C@]4(C)CCC[C@@](C)(C(=O)O)[C@H]4C(=O)C[C@]13C2. The summed E-state index contributed by atoms with van der Waals surface area (Å²) in [6.07, 6.45) is 6.45. The molecule has 29 heavy (non-hydrogen) atoms. The van der Waals surface area contributed by atoms with E-state index in [9.17, 15) is 19.5 Å². The highest BCUT2D eigenvalue weighted by atomic mass is 16.5. The number of esters is 1. The fourth-order valence-corrected chi connectivity index (χ4v) is 7.92. The molecule has 1 N–H and O–H groups in total. The number of carboxylic acid groups (broad SMARTS) is 1. The van der Waals surface area contributed by atoms with Crippen LogP contribution >= 0.6 is 0 Å². The summed E-state index contributed by atoms with van der Waals surface area (Å²) in [6.45, 7) is 11.8. The van der Waals surface area contributed by atoms with Crippen molar-refractivity contribution in [2.45, 2.75) is 71.3 Å². The van der Waals surface area contributed by atoms with Gasteiger partial charge in [0.2, 0.25) is 0 Å². The van der Waals surface area contributed by atoms with E-state index in [2.05, 4.69) is 20.1 Å². The van der Waals surface area contributed by atoms with Gasteiger partial charge in [0, 0.05) is 17.8 Å². The largest absolute Gasteiger partial charge is 0.481 e. The first-order valence-electron chi connectivity index (χ1n) is 10.9. The standard InChI is InChI=1S/C24H32O5/c1-5-7-18(26)29-20-14(2)15-8-9-17-22(3)10-6-11-23(4,21(27)28)19(22)16(25)13-24(17,20)12-15/h5,15,17,19-20H,1-2,6-13H2,3-4H3,(H,27,28)/t15-,17-,19-,20+,22-,23+,24-/m0/s1. The minimum Gasteiger partial charge on any atom is -0.481 e. The van der Waals surface area contributed by atoms with E-state index in [1.165, 1.54) is 6.08 Å². The molecule has 4 rings (SSSR count). The van der Waals surface area contributed by atoms with Gasteiger partial charge in [-0.15, -0.1) is 6.58 Å². The number of rotatable bonds is 4. The monoisotopic (exact) mass is 400 g/mol. The van der Waals surface area contributed by atoms with Crippen molar-refractivity contribution in [3.63, 3.8) is 0 Å². The zero-order valence-corrected chi connectivity index (χ0v) is 17.5. The lowest BCUT2D eigenvalue weighted by Crippen LogP contribution is -2.64. The summed E-state index contributed by atoms with van der Waals surface area (Å²) in [5, 5.41) is 10.0. The molecule has 5 nitrogen and oxygen atoms in total. The number of hydrogen-bond donors (Lipinski definition) is 1. The second kappa shape index (κ2) is 6.55. The van der Waals surface area contributed by atoms with Gasteiger partial charge in [0.15, 0.2) is 0 Å². The molecule has 0 unspecified atom stereocenters. The number of ketones is 1. The van der Waals surface area contributed by atoms with Gasteiger partial charge in [0.25, 0.3) is 0 Å². The lowest BCUT2D eigenvalue weighted by atomic mass is 9.40. The van der Waals surface area contributed by atoms with Crippen LogP contribution in [0, 0.1) is 34.0 Å².